The summed E-state index contributed by atoms with van der Waals surface area (Å²) in [5.41, 5.74) is 0.851. The molecule has 2 unspecified atom stereocenters. The van der Waals surface area contributed by atoms with E-state index >= 15 is 0 Å². The highest BCUT2D eigenvalue weighted by molar-refractivity contribution is 6.31. The number of hydrogen-bond acceptors (Lipinski definition) is 4. The van der Waals surface area contributed by atoms with Gasteiger partial charge in [0.15, 0.2) is 0 Å². The van der Waals surface area contributed by atoms with Gasteiger partial charge >= 0.3 is 0 Å². The minimum absolute atomic E-state index is 0.00431. The molecule has 6 heteroatoms. The lowest BCUT2D eigenvalue weighted by atomic mass is 9.85. The zero-order chi connectivity index (χ0) is 14.5. The monoisotopic (exact) mass is 298 g/mol. The summed E-state index contributed by atoms with van der Waals surface area (Å²) < 4.78 is 0. The van der Waals surface area contributed by atoms with Crippen LogP contribution in [0.4, 0.5) is 5.69 Å². The molecule has 0 aromatic heterocycles. The van der Waals surface area contributed by atoms with E-state index in [1.165, 1.54) is 25.0 Å². The van der Waals surface area contributed by atoms with Gasteiger partial charge in [0.2, 0.25) is 0 Å². The van der Waals surface area contributed by atoms with E-state index in [0.29, 0.717) is 23.5 Å². The Morgan fingerprint density at radius 2 is 2.15 bits per heavy atom. The number of benzene rings is 1. The quantitative estimate of drug-likeness (QED) is 0.647. The fourth-order valence-corrected chi connectivity index (χ4v) is 2.97. The first-order valence-electron chi connectivity index (χ1n) is 6.89. The van der Waals surface area contributed by atoms with E-state index in [2.05, 4.69) is 5.32 Å². The van der Waals surface area contributed by atoms with Gasteiger partial charge in [0, 0.05) is 31.3 Å². The maximum atomic E-state index is 10.7. The number of aliphatic hydroxyl groups is 1. The van der Waals surface area contributed by atoms with Crippen LogP contribution in [-0.2, 0) is 6.54 Å². The fourth-order valence-electron chi connectivity index (χ4n) is 2.73. The lowest BCUT2D eigenvalue weighted by molar-refractivity contribution is -0.384. The highest BCUT2D eigenvalue weighted by atomic mass is 35.5. The topological polar surface area (TPSA) is 75.4 Å². The van der Waals surface area contributed by atoms with Gasteiger partial charge in [0.05, 0.1) is 9.95 Å². The van der Waals surface area contributed by atoms with Crippen molar-refractivity contribution in [1.82, 2.24) is 5.32 Å². The number of nitro groups is 1. The van der Waals surface area contributed by atoms with Crippen molar-refractivity contribution in [2.75, 3.05) is 6.61 Å². The number of aliphatic hydroxyl groups excluding tert-OH is 1. The Bertz CT molecular complexity index is 481. The highest BCUT2D eigenvalue weighted by Crippen LogP contribution is 2.26. The molecule has 20 heavy (non-hydrogen) atoms. The third kappa shape index (κ3) is 3.69. The number of nitro benzene ring substituents is 1. The summed E-state index contributed by atoms with van der Waals surface area (Å²) in [7, 11) is 0. The van der Waals surface area contributed by atoms with Gasteiger partial charge < -0.3 is 10.4 Å². The van der Waals surface area contributed by atoms with E-state index in [9.17, 15) is 15.2 Å². The van der Waals surface area contributed by atoms with Crippen LogP contribution in [0.25, 0.3) is 0 Å². The second-order valence-electron chi connectivity index (χ2n) is 5.25. The standard InChI is InChI=1S/C14H19ClN2O3/c15-13-7-12(17(19)20)6-5-10(13)8-16-14-4-2-1-3-11(14)9-18/h5-7,11,14,16,18H,1-4,8-9H2. The van der Waals surface area contributed by atoms with Crippen LogP contribution in [-0.4, -0.2) is 22.7 Å². The highest BCUT2D eigenvalue weighted by Gasteiger charge is 2.24. The molecule has 0 amide bonds. The first-order chi connectivity index (χ1) is 9.61. The summed E-state index contributed by atoms with van der Waals surface area (Å²) in [6.45, 7) is 0.768. The molecule has 1 aliphatic carbocycles. The summed E-state index contributed by atoms with van der Waals surface area (Å²) >= 11 is 6.07. The predicted molar refractivity (Wildman–Crippen MR) is 77.8 cm³/mol. The molecule has 5 nitrogen and oxygen atoms in total. The summed E-state index contributed by atoms with van der Waals surface area (Å²) in [6, 6.07) is 4.82. The smallest absolute Gasteiger partial charge is 0.270 e. The summed E-state index contributed by atoms with van der Waals surface area (Å²) in [6.07, 6.45) is 4.43. The van der Waals surface area contributed by atoms with E-state index in [1.54, 1.807) is 6.07 Å². The molecule has 0 saturated heterocycles. The lowest BCUT2D eigenvalue weighted by Gasteiger charge is -2.31. The molecular formula is C14H19ClN2O3. The maximum Gasteiger partial charge on any atom is 0.270 e. The van der Waals surface area contributed by atoms with Crippen molar-refractivity contribution in [3.8, 4) is 0 Å². The Balaban J connectivity index is 1.98. The molecule has 1 aromatic carbocycles. The molecule has 2 rings (SSSR count). The molecule has 0 spiro atoms. The largest absolute Gasteiger partial charge is 0.396 e. The van der Waals surface area contributed by atoms with E-state index in [-0.39, 0.29) is 12.3 Å². The van der Waals surface area contributed by atoms with Crippen LogP contribution in [0.1, 0.15) is 31.2 Å². The average molecular weight is 299 g/mol. The number of hydrogen-bond donors (Lipinski definition) is 2. The van der Waals surface area contributed by atoms with Crippen molar-refractivity contribution < 1.29 is 10.0 Å². The lowest BCUT2D eigenvalue weighted by Crippen LogP contribution is -2.39. The normalized spacial score (nSPS) is 22.7. The minimum atomic E-state index is -0.452. The van der Waals surface area contributed by atoms with Gasteiger partial charge in [0.1, 0.15) is 0 Å². The number of rotatable bonds is 5. The average Bonchev–Trinajstić information content (AvgIpc) is 2.46. The van der Waals surface area contributed by atoms with Gasteiger partial charge in [-0.1, -0.05) is 24.4 Å². The third-order valence-corrected chi connectivity index (χ3v) is 4.30. The van der Waals surface area contributed by atoms with E-state index < -0.39 is 4.92 Å². The van der Waals surface area contributed by atoms with Crippen LogP contribution < -0.4 is 5.32 Å². The molecule has 2 atom stereocenters. The van der Waals surface area contributed by atoms with Gasteiger partial charge in [-0.15, -0.1) is 0 Å². The zero-order valence-electron chi connectivity index (χ0n) is 11.2. The van der Waals surface area contributed by atoms with E-state index in [4.69, 9.17) is 11.6 Å². The molecule has 1 aliphatic rings. The van der Waals surface area contributed by atoms with Crippen molar-refractivity contribution in [1.29, 1.82) is 0 Å². The van der Waals surface area contributed by atoms with Crippen LogP contribution >= 0.6 is 11.6 Å². The zero-order valence-corrected chi connectivity index (χ0v) is 12.0. The maximum absolute atomic E-state index is 10.7. The minimum Gasteiger partial charge on any atom is -0.396 e. The van der Waals surface area contributed by atoms with Crippen molar-refractivity contribution in [3.63, 3.8) is 0 Å². The van der Waals surface area contributed by atoms with Crippen molar-refractivity contribution >= 4 is 17.3 Å². The number of non-ortho nitro benzene ring substituents is 1. The van der Waals surface area contributed by atoms with Gasteiger partial charge in [-0.2, -0.15) is 0 Å². The Morgan fingerprint density at radius 1 is 1.40 bits per heavy atom. The molecule has 1 aromatic rings. The molecule has 0 bridgehead atoms. The van der Waals surface area contributed by atoms with Crippen LogP contribution in [0.5, 0.6) is 0 Å². The molecule has 0 radical (unpaired) electrons. The molecule has 110 valence electrons. The molecule has 0 heterocycles. The number of halogens is 1. The van der Waals surface area contributed by atoms with Crippen molar-refractivity contribution in [3.05, 3.63) is 38.9 Å². The SMILES string of the molecule is O=[N+]([O-])c1ccc(CNC2CCCCC2CO)c(Cl)c1. The number of nitrogens with one attached hydrogen (secondary N) is 1. The van der Waals surface area contributed by atoms with Crippen LogP contribution in [0.15, 0.2) is 18.2 Å². The second-order valence-corrected chi connectivity index (χ2v) is 5.65. The summed E-state index contributed by atoms with van der Waals surface area (Å²) in [5.74, 6) is 0.292. The summed E-state index contributed by atoms with van der Waals surface area (Å²) in [4.78, 5) is 10.2. The Labute approximate surface area is 123 Å². The molecule has 2 N–H and O–H groups in total. The Hall–Kier alpha value is -1.17. The van der Waals surface area contributed by atoms with Gasteiger partial charge in [-0.05, 0) is 30.4 Å². The van der Waals surface area contributed by atoms with Crippen molar-refractivity contribution in [2.45, 2.75) is 38.3 Å². The Kier molecular flexibility index (Phi) is 5.34. The van der Waals surface area contributed by atoms with E-state index in [1.807, 2.05) is 0 Å². The molecule has 1 fully saturated rings. The first kappa shape index (κ1) is 15.2. The van der Waals surface area contributed by atoms with Gasteiger partial charge in [-0.25, -0.2) is 0 Å². The van der Waals surface area contributed by atoms with Crippen LogP contribution in [0, 0.1) is 16.0 Å². The third-order valence-electron chi connectivity index (χ3n) is 3.95. The fraction of sp³-hybridized carbons (Fsp3) is 0.571. The molecule has 0 aliphatic heterocycles. The van der Waals surface area contributed by atoms with E-state index in [0.717, 1.165) is 18.4 Å². The molecular weight excluding hydrogens is 280 g/mol. The van der Waals surface area contributed by atoms with Crippen molar-refractivity contribution in [2.24, 2.45) is 5.92 Å². The predicted octanol–water partition coefficient (Wildman–Crippen LogP) is 2.89. The molecule has 1 saturated carbocycles. The van der Waals surface area contributed by atoms with Gasteiger partial charge in [0.25, 0.3) is 5.69 Å². The van der Waals surface area contributed by atoms with Gasteiger partial charge in [-0.3, -0.25) is 10.1 Å². The second kappa shape index (κ2) is 7.02. The van der Waals surface area contributed by atoms with Crippen LogP contribution in [0.3, 0.4) is 0 Å². The van der Waals surface area contributed by atoms with Crippen LogP contribution in [0.2, 0.25) is 5.02 Å². The Morgan fingerprint density at radius 3 is 2.80 bits per heavy atom. The number of nitrogens with zero attached hydrogens (tertiary/aromatic N) is 1. The first-order valence-corrected chi connectivity index (χ1v) is 7.26. The summed E-state index contributed by atoms with van der Waals surface area (Å²) in [5, 5.41) is 23.8.